The lowest BCUT2D eigenvalue weighted by Crippen LogP contribution is -2.35. The highest BCUT2D eigenvalue weighted by molar-refractivity contribution is 6.01. The number of nitrogens with one attached hydrogen (secondary N) is 1. The zero-order valence-electron chi connectivity index (χ0n) is 13.5. The van der Waals surface area contributed by atoms with Crippen LogP contribution in [0.3, 0.4) is 0 Å². The number of para-hydroxylation sites is 1. The van der Waals surface area contributed by atoms with Crippen molar-refractivity contribution in [3.63, 3.8) is 0 Å². The number of benzene rings is 1. The number of carbonyl (C=O) groups is 2. The van der Waals surface area contributed by atoms with Gasteiger partial charge in [0.2, 0.25) is 5.78 Å². The Labute approximate surface area is 142 Å². The number of hydrogen-bond acceptors (Lipinski definition) is 7. The zero-order valence-corrected chi connectivity index (χ0v) is 13.5. The third kappa shape index (κ3) is 4.56. The number of anilines is 1. The molecule has 9 nitrogen and oxygen atoms in total. The molecular formula is C16H17N3O6. The molecule has 25 heavy (non-hydrogen) atoms. The first-order valence-corrected chi connectivity index (χ1v) is 7.35. The van der Waals surface area contributed by atoms with Crippen molar-refractivity contribution in [2.45, 2.75) is 6.42 Å². The second-order valence-electron chi connectivity index (χ2n) is 5.07. The van der Waals surface area contributed by atoms with Crippen LogP contribution in [0.2, 0.25) is 0 Å². The van der Waals surface area contributed by atoms with Crippen LogP contribution in [0.4, 0.5) is 5.82 Å². The number of ether oxygens (including phenoxy) is 2. The van der Waals surface area contributed by atoms with Gasteiger partial charge in [-0.05, 0) is 12.1 Å². The number of Topliss-reactive ketones (excluding diaryl/α,β-unsaturated/α-hetero) is 1. The van der Waals surface area contributed by atoms with Crippen molar-refractivity contribution in [2.24, 2.45) is 7.05 Å². The number of esters is 1. The predicted octanol–water partition coefficient (Wildman–Crippen LogP) is -0.149. The molecule has 9 heteroatoms. The van der Waals surface area contributed by atoms with Crippen LogP contribution in [-0.2, 0) is 16.6 Å². The molecule has 2 aromatic rings. The molecule has 0 spiro atoms. The highest BCUT2D eigenvalue weighted by Gasteiger charge is 2.19. The number of rotatable bonds is 7. The van der Waals surface area contributed by atoms with Gasteiger partial charge in [0.1, 0.15) is 17.1 Å². The monoisotopic (exact) mass is 347 g/mol. The fraction of sp³-hybridized carbons (Fsp3) is 0.250. The molecule has 0 aliphatic carbocycles. The van der Waals surface area contributed by atoms with Gasteiger partial charge in [0.25, 0.3) is 5.56 Å². The molecule has 0 aliphatic heterocycles. The van der Waals surface area contributed by atoms with Crippen LogP contribution in [0, 0.1) is 0 Å². The third-order valence-corrected chi connectivity index (χ3v) is 3.33. The Bertz CT molecular complexity index is 885. The molecule has 0 aliphatic rings. The summed E-state index contributed by atoms with van der Waals surface area (Å²) in [5.41, 5.74) is 3.51. The lowest BCUT2D eigenvalue weighted by Gasteiger charge is -2.09. The fourth-order valence-corrected chi connectivity index (χ4v) is 1.97. The van der Waals surface area contributed by atoms with Crippen LogP contribution in [0.25, 0.3) is 0 Å². The van der Waals surface area contributed by atoms with Crippen LogP contribution < -0.4 is 21.7 Å². The molecule has 0 saturated carbocycles. The maximum atomic E-state index is 12.0. The van der Waals surface area contributed by atoms with Crippen molar-refractivity contribution in [3.05, 3.63) is 56.7 Å². The quantitative estimate of drug-likeness (QED) is 0.525. The number of H-pyrrole nitrogens is 1. The molecular weight excluding hydrogens is 330 g/mol. The van der Waals surface area contributed by atoms with Gasteiger partial charge in [-0.2, -0.15) is 0 Å². The zero-order chi connectivity index (χ0) is 18.4. The first-order chi connectivity index (χ1) is 11.9. The summed E-state index contributed by atoms with van der Waals surface area (Å²) in [4.78, 5) is 48.7. The summed E-state index contributed by atoms with van der Waals surface area (Å²) in [6, 6.07) is 8.90. The number of nitrogens with zero attached hydrogens (tertiary/aromatic N) is 1. The van der Waals surface area contributed by atoms with Gasteiger partial charge >= 0.3 is 11.7 Å². The predicted molar refractivity (Wildman–Crippen MR) is 88.6 cm³/mol. The normalized spacial score (nSPS) is 10.3. The molecule has 3 N–H and O–H groups in total. The number of carbonyl (C=O) groups excluding carboxylic acids is 2. The molecule has 0 saturated heterocycles. The van der Waals surface area contributed by atoms with Crippen molar-refractivity contribution < 1.29 is 19.1 Å². The SMILES string of the molecule is Cn1c(N)c(C(=O)COC(=O)CCOc2ccccc2)c(=O)[nH]c1=O. The number of hydrogen-bond donors (Lipinski definition) is 2. The Morgan fingerprint density at radius 1 is 1.20 bits per heavy atom. The molecule has 1 aromatic heterocycles. The average molecular weight is 347 g/mol. The summed E-state index contributed by atoms with van der Waals surface area (Å²) in [7, 11) is 1.30. The van der Waals surface area contributed by atoms with E-state index < -0.39 is 35.2 Å². The Hall–Kier alpha value is -3.36. The van der Waals surface area contributed by atoms with Gasteiger partial charge in [0.15, 0.2) is 6.61 Å². The van der Waals surface area contributed by atoms with Gasteiger partial charge in [-0.15, -0.1) is 0 Å². The molecule has 0 fully saturated rings. The highest BCUT2D eigenvalue weighted by Crippen LogP contribution is 2.08. The van der Waals surface area contributed by atoms with Gasteiger partial charge in [0, 0.05) is 7.05 Å². The average Bonchev–Trinajstić information content (AvgIpc) is 2.59. The fourth-order valence-electron chi connectivity index (χ4n) is 1.97. The molecule has 0 amide bonds. The summed E-state index contributed by atoms with van der Waals surface area (Å²) in [6.45, 7) is -0.574. The number of ketones is 1. The van der Waals surface area contributed by atoms with E-state index in [-0.39, 0.29) is 18.8 Å². The molecule has 1 aromatic carbocycles. The van der Waals surface area contributed by atoms with Crippen molar-refractivity contribution in [2.75, 3.05) is 18.9 Å². The van der Waals surface area contributed by atoms with Crippen LogP contribution in [0.5, 0.6) is 5.75 Å². The van der Waals surface area contributed by atoms with Crippen molar-refractivity contribution in [1.82, 2.24) is 9.55 Å². The summed E-state index contributed by atoms with van der Waals surface area (Å²) in [6.07, 6.45) is -0.0682. The topological polar surface area (TPSA) is 133 Å². The van der Waals surface area contributed by atoms with Crippen LogP contribution in [0.15, 0.2) is 39.9 Å². The second-order valence-corrected chi connectivity index (χ2v) is 5.07. The summed E-state index contributed by atoms with van der Waals surface area (Å²) < 4.78 is 11.1. The summed E-state index contributed by atoms with van der Waals surface area (Å²) in [5.74, 6) is -1.14. The van der Waals surface area contributed by atoms with E-state index in [4.69, 9.17) is 15.2 Å². The Kier molecular flexibility index (Phi) is 5.72. The van der Waals surface area contributed by atoms with Gasteiger partial charge < -0.3 is 15.2 Å². The molecule has 0 unspecified atom stereocenters. The van der Waals surface area contributed by atoms with Gasteiger partial charge in [-0.3, -0.25) is 23.9 Å². The minimum Gasteiger partial charge on any atom is -0.493 e. The minimum atomic E-state index is -0.922. The number of nitrogen functional groups attached to an aromatic ring is 1. The standard InChI is InChI=1S/C16H17N3O6/c1-19-14(17)13(15(22)18-16(19)23)11(20)9-25-12(21)7-8-24-10-5-3-2-4-6-10/h2-6H,7-9,17H2,1H3,(H,18,22,23). The first-order valence-electron chi connectivity index (χ1n) is 7.35. The second kappa shape index (κ2) is 7.95. The number of aromatic amines is 1. The molecule has 0 radical (unpaired) electrons. The Morgan fingerprint density at radius 3 is 2.56 bits per heavy atom. The van der Waals surface area contributed by atoms with Crippen molar-refractivity contribution in [1.29, 1.82) is 0 Å². The summed E-state index contributed by atoms with van der Waals surface area (Å²) >= 11 is 0. The lowest BCUT2D eigenvalue weighted by atomic mass is 10.2. The third-order valence-electron chi connectivity index (χ3n) is 3.33. The van der Waals surface area contributed by atoms with Crippen LogP contribution in [0.1, 0.15) is 16.8 Å². The van der Waals surface area contributed by atoms with Crippen molar-refractivity contribution >= 4 is 17.6 Å². The molecule has 0 atom stereocenters. The van der Waals surface area contributed by atoms with E-state index in [1.165, 1.54) is 7.05 Å². The largest absolute Gasteiger partial charge is 0.493 e. The number of aromatic nitrogens is 2. The molecule has 2 rings (SSSR count). The molecule has 1 heterocycles. The van der Waals surface area contributed by atoms with Gasteiger partial charge in [-0.25, -0.2) is 4.79 Å². The Balaban J connectivity index is 1.88. The molecule has 132 valence electrons. The van der Waals surface area contributed by atoms with E-state index in [1.54, 1.807) is 24.3 Å². The maximum Gasteiger partial charge on any atom is 0.329 e. The van der Waals surface area contributed by atoms with E-state index in [1.807, 2.05) is 11.1 Å². The lowest BCUT2D eigenvalue weighted by molar-refractivity contribution is -0.143. The van der Waals surface area contributed by atoms with Crippen LogP contribution in [-0.4, -0.2) is 34.5 Å². The van der Waals surface area contributed by atoms with E-state index in [9.17, 15) is 19.2 Å². The summed E-state index contributed by atoms with van der Waals surface area (Å²) in [5, 5.41) is 0. The van der Waals surface area contributed by atoms with E-state index in [0.29, 0.717) is 5.75 Å². The van der Waals surface area contributed by atoms with Gasteiger partial charge in [-0.1, -0.05) is 18.2 Å². The molecule has 0 bridgehead atoms. The maximum absolute atomic E-state index is 12.0. The van der Waals surface area contributed by atoms with Gasteiger partial charge in [0.05, 0.1) is 13.0 Å². The minimum absolute atomic E-state index is 0.0682. The number of nitrogens with two attached hydrogens (primary N) is 1. The Morgan fingerprint density at radius 2 is 1.88 bits per heavy atom. The van der Waals surface area contributed by atoms with E-state index in [2.05, 4.69) is 0 Å². The highest BCUT2D eigenvalue weighted by atomic mass is 16.5. The van der Waals surface area contributed by atoms with E-state index >= 15 is 0 Å². The van der Waals surface area contributed by atoms with Crippen LogP contribution >= 0.6 is 0 Å². The van der Waals surface area contributed by atoms with Crippen molar-refractivity contribution in [3.8, 4) is 5.75 Å². The smallest absolute Gasteiger partial charge is 0.329 e. The first kappa shape index (κ1) is 18.0. The van der Waals surface area contributed by atoms with E-state index in [0.717, 1.165) is 4.57 Å².